The van der Waals surface area contributed by atoms with Gasteiger partial charge < -0.3 is 14.8 Å². The van der Waals surface area contributed by atoms with Crippen LogP contribution in [0.15, 0.2) is 30.3 Å². The van der Waals surface area contributed by atoms with Crippen molar-refractivity contribution in [2.75, 3.05) is 19.5 Å². The minimum atomic E-state index is 0.440. The maximum Gasteiger partial charge on any atom is 0.233 e. The van der Waals surface area contributed by atoms with Gasteiger partial charge in [-0.15, -0.1) is 0 Å². The molecule has 1 N–H and O–H groups in total. The van der Waals surface area contributed by atoms with Gasteiger partial charge in [0.15, 0.2) is 0 Å². The largest absolute Gasteiger partial charge is 0.481 e. The average molecular weight is 245 g/mol. The second kappa shape index (κ2) is 5.35. The van der Waals surface area contributed by atoms with Crippen LogP contribution in [0.5, 0.6) is 11.8 Å². The molecule has 1 heterocycles. The number of benzene rings is 1. The molecule has 94 valence electrons. The lowest BCUT2D eigenvalue weighted by molar-refractivity contribution is 0.373. The Kier molecular flexibility index (Phi) is 3.62. The van der Waals surface area contributed by atoms with Gasteiger partial charge in [0.2, 0.25) is 17.7 Å². The molecule has 0 aliphatic heterocycles. The third-order valence-electron chi connectivity index (χ3n) is 2.41. The quantitative estimate of drug-likeness (QED) is 0.897. The Labute approximate surface area is 106 Å². The van der Waals surface area contributed by atoms with E-state index in [1.807, 2.05) is 31.2 Å². The number of hydrogen-bond donors (Lipinski definition) is 1. The Hall–Kier alpha value is -2.30. The number of nitrogens with one attached hydrogen (secondary N) is 1. The minimum absolute atomic E-state index is 0.440. The Morgan fingerprint density at radius 1 is 0.944 bits per heavy atom. The van der Waals surface area contributed by atoms with E-state index in [1.54, 1.807) is 20.3 Å². The number of ether oxygens (including phenoxy) is 2. The Morgan fingerprint density at radius 3 is 2.00 bits per heavy atom. The molecule has 0 saturated carbocycles. The highest BCUT2D eigenvalue weighted by Gasteiger charge is 2.05. The molecular formula is C13H15N3O2. The number of aryl methyl sites for hydroxylation is 1. The van der Waals surface area contributed by atoms with Gasteiger partial charge in [0.1, 0.15) is 0 Å². The summed E-state index contributed by atoms with van der Waals surface area (Å²) in [6, 6.07) is 9.58. The first kappa shape index (κ1) is 12.2. The highest BCUT2D eigenvalue weighted by molar-refractivity contribution is 5.54. The summed E-state index contributed by atoms with van der Waals surface area (Å²) in [7, 11) is 3.11. The van der Waals surface area contributed by atoms with E-state index in [2.05, 4.69) is 15.3 Å². The predicted molar refractivity (Wildman–Crippen MR) is 69.6 cm³/mol. The summed E-state index contributed by atoms with van der Waals surface area (Å²) in [6.45, 7) is 2.04. The summed E-state index contributed by atoms with van der Waals surface area (Å²) in [5, 5.41) is 3.10. The smallest absolute Gasteiger partial charge is 0.233 e. The zero-order valence-electron chi connectivity index (χ0n) is 10.6. The van der Waals surface area contributed by atoms with Crippen LogP contribution in [-0.4, -0.2) is 24.2 Å². The molecule has 0 aliphatic rings. The zero-order valence-corrected chi connectivity index (χ0v) is 10.6. The number of aromatic nitrogens is 2. The van der Waals surface area contributed by atoms with Crippen molar-refractivity contribution in [3.8, 4) is 11.8 Å². The summed E-state index contributed by atoms with van der Waals surface area (Å²) >= 11 is 0. The first-order chi connectivity index (χ1) is 8.71. The van der Waals surface area contributed by atoms with E-state index in [-0.39, 0.29) is 0 Å². The van der Waals surface area contributed by atoms with E-state index in [4.69, 9.17) is 9.47 Å². The van der Waals surface area contributed by atoms with Gasteiger partial charge >= 0.3 is 0 Å². The van der Waals surface area contributed by atoms with Crippen LogP contribution in [0.25, 0.3) is 0 Å². The van der Waals surface area contributed by atoms with E-state index < -0.39 is 0 Å². The van der Waals surface area contributed by atoms with Gasteiger partial charge in [0.25, 0.3) is 0 Å². The number of anilines is 2. The fourth-order valence-corrected chi connectivity index (χ4v) is 1.43. The third kappa shape index (κ3) is 2.88. The number of methoxy groups -OCH3 is 2. The van der Waals surface area contributed by atoms with Crippen molar-refractivity contribution >= 4 is 11.6 Å². The summed E-state index contributed by atoms with van der Waals surface area (Å²) in [6.07, 6.45) is 0. The van der Waals surface area contributed by atoms with Crippen molar-refractivity contribution in [1.29, 1.82) is 0 Å². The van der Waals surface area contributed by atoms with Gasteiger partial charge in [-0.25, -0.2) is 0 Å². The van der Waals surface area contributed by atoms with Crippen LogP contribution in [-0.2, 0) is 0 Å². The molecule has 0 amide bonds. The molecule has 18 heavy (non-hydrogen) atoms. The molecule has 2 rings (SSSR count). The van der Waals surface area contributed by atoms with Crippen LogP contribution in [0.2, 0.25) is 0 Å². The van der Waals surface area contributed by atoms with Gasteiger partial charge in [-0.1, -0.05) is 17.7 Å². The van der Waals surface area contributed by atoms with Gasteiger partial charge in [0, 0.05) is 5.69 Å². The predicted octanol–water partition coefficient (Wildman–Crippen LogP) is 2.55. The SMILES string of the molecule is COc1cc(OC)nc(Nc2ccc(C)cc2)n1. The van der Waals surface area contributed by atoms with Crippen molar-refractivity contribution < 1.29 is 9.47 Å². The van der Waals surface area contributed by atoms with Crippen LogP contribution in [0.3, 0.4) is 0 Å². The van der Waals surface area contributed by atoms with Crippen molar-refractivity contribution in [2.24, 2.45) is 0 Å². The van der Waals surface area contributed by atoms with E-state index in [0.717, 1.165) is 5.69 Å². The van der Waals surface area contributed by atoms with Crippen LogP contribution in [0, 0.1) is 6.92 Å². The number of hydrogen-bond acceptors (Lipinski definition) is 5. The highest BCUT2D eigenvalue weighted by Crippen LogP contribution is 2.20. The number of rotatable bonds is 4. The van der Waals surface area contributed by atoms with Crippen molar-refractivity contribution in [2.45, 2.75) is 6.92 Å². The van der Waals surface area contributed by atoms with Gasteiger partial charge in [-0.05, 0) is 19.1 Å². The van der Waals surface area contributed by atoms with E-state index in [1.165, 1.54) is 5.56 Å². The second-order valence-electron chi connectivity index (χ2n) is 3.77. The lowest BCUT2D eigenvalue weighted by Gasteiger charge is -2.08. The topological polar surface area (TPSA) is 56.3 Å². The molecule has 0 atom stereocenters. The summed E-state index contributed by atoms with van der Waals surface area (Å²) in [5.41, 5.74) is 2.11. The monoisotopic (exact) mass is 245 g/mol. The van der Waals surface area contributed by atoms with Crippen LogP contribution in [0.1, 0.15) is 5.56 Å². The second-order valence-corrected chi connectivity index (χ2v) is 3.77. The van der Waals surface area contributed by atoms with Crippen molar-refractivity contribution in [3.63, 3.8) is 0 Å². The van der Waals surface area contributed by atoms with Crippen molar-refractivity contribution in [1.82, 2.24) is 9.97 Å². The molecule has 0 saturated heterocycles. The molecule has 0 fully saturated rings. The number of nitrogens with zero attached hydrogens (tertiary/aromatic N) is 2. The molecule has 0 radical (unpaired) electrons. The maximum absolute atomic E-state index is 5.08. The average Bonchev–Trinajstić information content (AvgIpc) is 2.41. The molecule has 5 heteroatoms. The molecule has 5 nitrogen and oxygen atoms in total. The third-order valence-corrected chi connectivity index (χ3v) is 2.41. The Bertz CT molecular complexity index is 504. The van der Waals surface area contributed by atoms with E-state index in [0.29, 0.717) is 17.7 Å². The first-order valence-corrected chi connectivity index (χ1v) is 5.52. The molecule has 0 aliphatic carbocycles. The lowest BCUT2D eigenvalue weighted by atomic mass is 10.2. The molecule has 2 aromatic rings. The van der Waals surface area contributed by atoms with Gasteiger partial charge in [-0.3, -0.25) is 0 Å². The normalized spacial score (nSPS) is 9.94. The van der Waals surface area contributed by atoms with E-state index in [9.17, 15) is 0 Å². The van der Waals surface area contributed by atoms with E-state index >= 15 is 0 Å². The molecule has 0 unspecified atom stereocenters. The minimum Gasteiger partial charge on any atom is -0.481 e. The molecule has 1 aromatic heterocycles. The molecular weight excluding hydrogens is 230 g/mol. The Morgan fingerprint density at radius 2 is 1.50 bits per heavy atom. The van der Waals surface area contributed by atoms with Gasteiger partial charge in [0.05, 0.1) is 20.3 Å². The maximum atomic E-state index is 5.08. The van der Waals surface area contributed by atoms with Crippen LogP contribution >= 0.6 is 0 Å². The van der Waals surface area contributed by atoms with Crippen LogP contribution < -0.4 is 14.8 Å². The van der Waals surface area contributed by atoms with Gasteiger partial charge in [-0.2, -0.15) is 9.97 Å². The molecule has 1 aromatic carbocycles. The lowest BCUT2D eigenvalue weighted by Crippen LogP contribution is -2.00. The zero-order chi connectivity index (χ0) is 13.0. The standard InChI is InChI=1S/C13H15N3O2/c1-9-4-6-10(7-5-9)14-13-15-11(17-2)8-12(16-13)18-3/h4-8H,1-3H3,(H,14,15,16). The summed E-state index contributed by atoms with van der Waals surface area (Å²) < 4.78 is 10.2. The summed E-state index contributed by atoms with van der Waals surface area (Å²) in [5.74, 6) is 1.35. The molecule has 0 spiro atoms. The summed E-state index contributed by atoms with van der Waals surface area (Å²) in [4.78, 5) is 8.39. The van der Waals surface area contributed by atoms with Crippen LogP contribution in [0.4, 0.5) is 11.6 Å². The molecule has 0 bridgehead atoms. The first-order valence-electron chi connectivity index (χ1n) is 5.52. The highest BCUT2D eigenvalue weighted by atomic mass is 16.5. The van der Waals surface area contributed by atoms with Crippen molar-refractivity contribution in [3.05, 3.63) is 35.9 Å². The fraction of sp³-hybridized carbons (Fsp3) is 0.231. The fourth-order valence-electron chi connectivity index (χ4n) is 1.43. The Balaban J connectivity index is 2.25.